The molecule has 3 saturated carbocycles. The molecule has 3 aliphatic carbocycles. The predicted molar refractivity (Wildman–Crippen MR) is 43.1 cm³/mol. The highest BCUT2D eigenvalue weighted by Gasteiger charge is 2.55. The van der Waals surface area contributed by atoms with Gasteiger partial charge < -0.3 is 5.11 Å². The molecule has 0 spiro atoms. The lowest BCUT2D eigenvalue weighted by Gasteiger charge is -2.26. The predicted octanol–water partition coefficient (Wildman–Crippen LogP) is 1.95. The van der Waals surface area contributed by atoms with Gasteiger partial charge in [0.2, 0.25) is 0 Å². The Morgan fingerprint density at radius 1 is 1.09 bits per heavy atom. The first-order valence-corrected chi connectivity index (χ1v) is 5.00. The first-order valence-electron chi connectivity index (χ1n) is 5.00. The number of hydrogen-bond acceptors (Lipinski definition) is 1. The monoisotopic (exact) mass is 152 g/mol. The fourth-order valence-electron chi connectivity index (χ4n) is 3.40. The molecule has 3 fully saturated rings. The zero-order valence-electron chi connectivity index (χ0n) is 6.92. The van der Waals surface area contributed by atoms with E-state index in [2.05, 4.69) is 0 Å². The quantitative estimate of drug-likeness (QED) is 0.609. The minimum atomic E-state index is -0.167. The van der Waals surface area contributed by atoms with Gasteiger partial charge in [0.1, 0.15) is 0 Å². The molecule has 62 valence electrons. The van der Waals surface area contributed by atoms with Crippen LogP contribution in [0.1, 0.15) is 38.5 Å². The summed E-state index contributed by atoms with van der Waals surface area (Å²) in [6, 6.07) is 0. The van der Waals surface area contributed by atoms with E-state index in [4.69, 9.17) is 0 Å². The Bertz CT molecular complexity index is 183. The van der Waals surface area contributed by atoms with Crippen molar-refractivity contribution in [3.8, 4) is 0 Å². The molecule has 0 saturated heterocycles. The second-order valence-corrected chi connectivity index (χ2v) is 4.88. The second kappa shape index (κ2) is 1.82. The summed E-state index contributed by atoms with van der Waals surface area (Å²) in [5.74, 6) is 2.61. The van der Waals surface area contributed by atoms with Gasteiger partial charge in [0.25, 0.3) is 0 Å². The average Bonchev–Trinajstić information content (AvgIpc) is 2.52. The molecular formula is C10H16O. The largest absolute Gasteiger partial charge is 0.390 e. The molecule has 3 atom stereocenters. The molecule has 3 rings (SSSR count). The summed E-state index contributed by atoms with van der Waals surface area (Å²) >= 11 is 0. The Labute approximate surface area is 67.8 Å². The number of rotatable bonds is 1. The molecule has 0 aromatic rings. The van der Waals surface area contributed by atoms with Crippen LogP contribution < -0.4 is 0 Å². The normalized spacial score (nSPS) is 51.5. The van der Waals surface area contributed by atoms with Gasteiger partial charge in [-0.25, -0.2) is 0 Å². The van der Waals surface area contributed by atoms with E-state index in [0.29, 0.717) is 5.92 Å². The Kier molecular flexibility index (Phi) is 1.07. The van der Waals surface area contributed by atoms with Crippen molar-refractivity contribution >= 4 is 0 Å². The summed E-state index contributed by atoms with van der Waals surface area (Å²) in [4.78, 5) is 0. The molecular weight excluding hydrogens is 136 g/mol. The molecule has 11 heavy (non-hydrogen) atoms. The van der Waals surface area contributed by atoms with Crippen molar-refractivity contribution in [2.45, 2.75) is 44.1 Å². The molecule has 3 aliphatic rings. The number of hydrogen-bond donors (Lipinski definition) is 1. The number of fused-ring (bicyclic) bond motifs is 2. The van der Waals surface area contributed by atoms with Crippen LogP contribution in [-0.2, 0) is 0 Å². The van der Waals surface area contributed by atoms with Gasteiger partial charge in [0.05, 0.1) is 5.60 Å². The van der Waals surface area contributed by atoms with Crippen LogP contribution in [0.4, 0.5) is 0 Å². The molecule has 1 nitrogen and oxygen atoms in total. The molecule has 0 aliphatic heterocycles. The Morgan fingerprint density at radius 3 is 2.36 bits per heavy atom. The second-order valence-electron chi connectivity index (χ2n) is 4.88. The summed E-state index contributed by atoms with van der Waals surface area (Å²) < 4.78 is 0. The van der Waals surface area contributed by atoms with Gasteiger partial charge >= 0.3 is 0 Å². The molecule has 0 radical (unpaired) electrons. The minimum Gasteiger partial charge on any atom is -0.390 e. The van der Waals surface area contributed by atoms with Crippen LogP contribution in [0, 0.1) is 17.8 Å². The van der Waals surface area contributed by atoms with E-state index in [1.807, 2.05) is 0 Å². The van der Waals surface area contributed by atoms with Gasteiger partial charge in [0.15, 0.2) is 0 Å². The number of aliphatic hydroxyl groups is 1. The van der Waals surface area contributed by atoms with Gasteiger partial charge in [-0.2, -0.15) is 0 Å². The highest BCUT2D eigenvalue weighted by atomic mass is 16.3. The van der Waals surface area contributed by atoms with Crippen LogP contribution in [0.5, 0.6) is 0 Å². The summed E-state index contributed by atoms with van der Waals surface area (Å²) in [7, 11) is 0. The van der Waals surface area contributed by atoms with Crippen molar-refractivity contribution < 1.29 is 5.11 Å². The van der Waals surface area contributed by atoms with Gasteiger partial charge in [-0.1, -0.05) is 6.42 Å². The first kappa shape index (κ1) is 6.47. The molecule has 1 N–H and O–H groups in total. The maximum Gasteiger partial charge on any atom is 0.0680 e. The molecule has 0 aromatic carbocycles. The van der Waals surface area contributed by atoms with Gasteiger partial charge in [-0.3, -0.25) is 0 Å². The third-order valence-corrected chi connectivity index (χ3v) is 4.19. The SMILES string of the molecule is OC1(C2CC3CCC2C3)CC1. The maximum atomic E-state index is 9.95. The van der Waals surface area contributed by atoms with E-state index in [1.165, 1.54) is 25.7 Å². The Balaban J connectivity index is 1.81. The molecule has 2 bridgehead atoms. The third kappa shape index (κ3) is 0.807. The van der Waals surface area contributed by atoms with Crippen molar-refractivity contribution in [1.29, 1.82) is 0 Å². The van der Waals surface area contributed by atoms with Crippen LogP contribution in [-0.4, -0.2) is 10.7 Å². The highest BCUT2D eigenvalue weighted by Crippen LogP contribution is 2.58. The lowest BCUT2D eigenvalue weighted by atomic mass is 9.83. The van der Waals surface area contributed by atoms with E-state index in [0.717, 1.165) is 24.7 Å². The maximum absolute atomic E-state index is 9.95. The van der Waals surface area contributed by atoms with E-state index in [9.17, 15) is 5.11 Å². The van der Waals surface area contributed by atoms with E-state index in [-0.39, 0.29) is 5.60 Å². The third-order valence-electron chi connectivity index (χ3n) is 4.19. The van der Waals surface area contributed by atoms with Gasteiger partial charge in [0, 0.05) is 0 Å². The lowest BCUT2D eigenvalue weighted by Crippen LogP contribution is -2.26. The summed E-state index contributed by atoms with van der Waals surface area (Å²) in [6.07, 6.45) is 7.85. The van der Waals surface area contributed by atoms with Crippen LogP contribution in [0.25, 0.3) is 0 Å². The molecule has 0 heterocycles. The summed E-state index contributed by atoms with van der Waals surface area (Å²) in [5, 5.41) is 9.95. The molecule has 0 amide bonds. The highest BCUT2D eigenvalue weighted by molar-refractivity contribution is 5.06. The molecule has 3 unspecified atom stereocenters. The van der Waals surface area contributed by atoms with E-state index in [1.54, 1.807) is 0 Å². The minimum absolute atomic E-state index is 0.167. The van der Waals surface area contributed by atoms with Crippen LogP contribution >= 0.6 is 0 Å². The van der Waals surface area contributed by atoms with E-state index >= 15 is 0 Å². The molecule has 0 aromatic heterocycles. The Hall–Kier alpha value is -0.0400. The van der Waals surface area contributed by atoms with Crippen molar-refractivity contribution in [3.63, 3.8) is 0 Å². The summed E-state index contributed by atoms with van der Waals surface area (Å²) in [6.45, 7) is 0. The van der Waals surface area contributed by atoms with Crippen molar-refractivity contribution in [2.75, 3.05) is 0 Å². The van der Waals surface area contributed by atoms with Crippen molar-refractivity contribution in [3.05, 3.63) is 0 Å². The lowest BCUT2D eigenvalue weighted by molar-refractivity contribution is 0.0510. The fraction of sp³-hybridized carbons (Fsp3) is 1.00. The average molecular weight is 152 g/mol. The topological polar surface area (TPSA) is 20.2 Å². The summed E-state index contributed by atoms with van der Waals surface area (Å²) in [5.41, 5.74) is -0.167. The van der Waals surface area contributed by atoms with Crippen LogP contribution in [0.3, 0.4) is 0 Å². The van der Waals surface area contributed by atoms with Crippen LogP contribution in [0.2, 0.25) is 0 Å². The fourth-order valence-corrected chi connectivity index (χ4v) is 3.40. The standard InChI is InChI=1S/C10H16O/c11-10(3-4-10)9-6-7-1-2-8(9)5-7/h7-9,11H,1-6H2. The van der Waals surface area contributed by atoms with E-state index < -0.39 is 0 Å². The van der Waals surface area contributed by atoms with Crippen LogP contribution in [0.15, 0.2) is 0 Å². The van der Waals surface area contributed by atoms with Crippen molar-refractivity contribution in [2.24, 2.45) is 17.8 Å². The van der Waals surface area contributed by atoms with Crippen molar-refractivity contribution in [1.82, 2.24) is 0 Å². The zero-order valence-corrected chi connectivity index (χ0v) is 6.92. The smallest absolute Gasteiger partial charge is 0.0680 e. The zero-order chi connectivity index (χ0) is 7.47. The first-order chi connectivity index (χ1) is 5.28. The Morgan fingerprint density at radius 2 is 1.91 bits per heavy atom. The molecule has 1 heteroatoms. The van der Waals surface area contributed by atoms with Gasteiger partial charge in [-0.15, -0.1) is 0 Å². The van der Waals surface area contributed by atoms with Gasteiger partial charge in [-0.05, 0) is 49.9 Å².